The Morgan fingerprint density at radius 2 is 1.84 bits per heavy atom. The molecule has 1 rings (SSSR count). The summed E-state index contributed by atoms with van der Waals surface area (Å²) >= 11 is 0. The number of hydrogen-bond acceptors (Lipinski definition) is 3. The van der Waals surface area contributed by atoms with Gasteiger partial charge in [-0.3, -0.25) is 4.79 Å². The fourth-order valence-corrected chi connectivity index (χ4v) is 1.51. The zero-order valence-corrected chi connectivity index (χ0v) is 11.4. The maximum Gasteiger partial charge on any atom is 0.316 e. The number of carbonyl (C=O) groups is 2. The van der Waals surface area contributed by atoms with Gasteiger partial charge in [-0.25, -0.2) is 4.79 Å². The molecule has 0 saturated heterocycles. The van der Waals surface area contributed by atoms with E-state index in [1.165, 1.54) is 0 Å². The van der Waals surface area contributed by atoms with E-state index in [4.69, 9.17) is 5.73 Å². The number of nitrogens with zero attached hydrogens (tertiary/aromatic N) is 1. The van der Waals surface area contributed by atoms with E-state index in [0.717, 1.165) is 5.56 Å². The van der Waals surface area contributed by atoms with Crippen LogP contribution < -0.4 is 16.4 Å². The van der Waals surface area contributed by atoms with Crippen molar-refractivity contribution in [2.75, 3.05) is 26.0 Å². The number of hydrogen-bond donors (Lipinski definition) is 3. The quantitative estimate of drug-likeness (QED) is 0.739. The lowest BCUT2D eigenvalue weighted by Crippen LogP contribution is -2.34. The van der Waals surface area contributed by atoms with Crippen molar-refractivity contribution in [1.82, 2.24) is 10.2 Å². The van der Waals surface area contributed by atoms with Crippen molar-refractivity contribution in [2.45, 2.75) is 13.0 Å². The van der Waals surface area contributed by atoms with Gasteiger partial charge >= 0.3 is 6.03 Å². The van der Waals surface area contributed by atoms with Gasteiger partial charge in [0.25, 0.3) is 0 Å². The fraction of sp³-hybridized carbons (Fsp3) is 0.385. The predicted octanol–water partition coefficient (Wildman–Crippen LogP) is 0.916. The van der Waals surface area contributed by atoms with E-state index in [1.54, 1.807) is 31.1 Å². The Hall–Kier alpha value is -2.08. The highest BCUT2D eigenvalue weighted by atomic mass is 16.2. The Balaban J connectivity index is 2.55. The van der Waals surface area contributed by atoms with E-state index < -0.39 is 6.03 Å². The minimum Gasteiger partial charge on any atom is -0.351 e. The molecular weight excluding hydrogens is 244 g/mol. The van der Waals surface area contributed by atoms with Crippen LogP contribution in [0.1, 0.15) is 18.5 Å². The highest BCUT2D eigenvalue weighted by Gasteiger charge is 2.09. The van der Waals surface area contributed by atoms with E-state index in [9.17, 15) is 9.59 Å². The molecule has 0 aliphatic heterocycles. The Bertz CT molecular complexity index is 442. The molecule has 0 spiro atoms. The first kappa shape index (κ1) is 15.0. The van der Waals surface area contributed by atoms with Crippen LogP contribution in [0.15, 0.2) is 24.3 Å². The van der Waals surface area contributed by atoms with Crippen molar-refractivity contribution in [3.63, 3.8) is 0 Å². The summed E-state index contributed by atoms with van der Waals surface area (Å²) in [4.78, 5) is 23.7. The lowest BCUT2D eigenvalue weighted by atomic mass is 10.1. The summed E-state index contributed by atoms with van der Waals surface area (Å²) in [6.45, 7) is 2.26. The predicted molar refractivity (Wildman–Crippen MR) is 74.8 cm³/mol. The van der Waals surface area contributed by atoms with Crippen molar-refractivity contribution in [1.29, 1.82) is 0 Å². The molecule has 3 amide bonds. The smallest absolute Gasteiger partial charge is 0.316 e. The molecule has 1 aromatic rings. The van der Waals surface area contributed by atoms with Crippen molar-refractivity contribution in [3.05, 3.63) is 29.8 Å². The van der Waals surface area contributed by atoms with Crippen LogP contribution in [0.25, 0.3) is 0 Å². The number of nitrogens with one attached hydrogen (secondary N) is 2. The Kier molecular flexibility index (Phi) is 5.32. The van der Waals surface area contributed by atoms with Crippen molar-refractivity contribution >= 4 is 17.6 Å². The van der Waals surface area contributed by atoms with E-state index in [2.05, 4.69) is 10.6 Å². The molecule has 0 radical (unpaired) electrons. The Labute approximate surface area is 113 Å². The molecule has 6 nitrogen and oxygen atoms in total. The molecule has 4 N–H and O–H groups in total. The van der Waals surface area contributed by atoms with E-state index in [0.29, 0.717) is 5.69 Å². The molecular formula is C13H20N4O2. The number of urea groups is 1. The molecule has 0 aliphatic rings. The zero-order chi connectivity index (χ0) is 14.4. The molecule has 104 valence electrons. The Morgan fingerprint density at radius 3 is 2.32 bits per heavy atom. The molecule has 1 unspecified atom stereocenters. The van der Waals surface area contributed by atoms with Crippen LogP contribution >= 0.6 is 0 Å². The van der Waals surface area contributed by atoms with Gasteiger partial charge < -0.3 is 21.3 Å². The minimum absolute atomic E-state index is 0.0267. The second-order valence-corrected chi connectivity index (χ2v) is 4.50. The van der Waals surface area contributed by atoms with Gasteiger partial charge in [0.1, 0.15) is 0 Å². The second kappa shape index (κ2) is 6.75. The summed E-state index contributed by atoms with van der Waals surface area (Å²) < 4.78 is 0. The maximum atomic E-state index is 11.5. The van der Waals surface area contributed by atoms with Gasteiger partial charge in [0.05, 0.1) is 6.54 Å². The van der Waals surface area contributed by atoms with Crippen LogP contribution in [0.3, 0.4) is 0 Å². The molecule has 1 aromatic carbocycles. The minimum atomic E-state index is -0.587. The van der Waals surface area contributed by atoms with Crippen LogP contribution in [0.2, 0.25) is 0 Å². The lowest BCUT2D eigenvalue weighted by Gasteiger charge is -2.16. The monoisotopic (exact) mass is 264 g/mol. The summed E-state index contributed by atoms with van der Waals surface area (Å²) in [5, 5.41) is 5.63. The highest BCUT2D eigenvalue weighted by molar-refractivity contribution is 5.87. The molecule has 6 heteroatoms. The van der Waals surface area contributed by atoms with Crippen LogP contribution in [-0.2, 0) is 4.79 Å². The van der Waals surface area contributed by atoms with Gasteiger partial charge in [-0.1, -0.05) is 12.1 Å². The van der Waals surface area contributed by atoms with Crippen molar-refractivity contribution in [2.24, 2.45) is 5.73 Å². The Morgan fingerprint density at radius 1 is 1.26 bits per heavy atom. The van der Waals surface area contributed by atoms with Gasteiger partial charge in [0.2, 0.25) is 5.91 Å². The normalized spacial score (nSPS) is 11.7. The zero-order valence-electron chi connectivity index (χ0n) is 11.4. The average molecular weight is 264 g/mol. The number of amides is 3. The van der Waals surface area contributed by atoms with Crippen LogP contribution in [-0.4, -0.2) is 37.5 Å². The SMILES string of the molecule is CC(NCC(=O)N(C)C)c1ccc(NC(N)=O)cc1. The van der Waals surface area contributed by atoms with Gasteiger partial charge in [0.15, 0.2) is 0 Å². The first-order valence-corrected chi connectivity index (χ1v) is 6.00. The number of primary amides is 1. The van der Waals surface area contributed by atoms with Gasteiger partial charge in [-0.05, 0) is 24.6 Å². The molecule has 19 heavy (non-hydrogen) atoms. The number of anilines is 1. The van der Waals surface area contributed by atoms with Crippen molar-refractivity contribution < 1.29 is 9.59 Å². The first-order chi connectivity index (χ1) is 8.90. The topological polar surface area (TPSA) is 87.5 Å². The summed E-state index contributed by atoms with van der Waals surface area (Å²) in [6, 6.07) is 6.76. The largest absolute Gasteiger partial charge is 0.351 e. The molecule has 0 saturated carbocycles. The number of nitrogens with two attached hydrogens (primary N) is 1. The molecule has 0 aromatic heterocycles. The van der Waals surface area contributed by atoms with Gasteiger partial charge in [-0.15, -0.1) is 0 Å². The van der Waals surface area contributed by atoms with Gasteiger partial charge in [-0.2, -0.15) is 0 Å². The van der Waals surface area contributed by atoms with E-state index in [1.807, 2.05) is 19.1 Å². The molecule has 0 fully saturated rings. The molecule has 1 atom stereocenters. The third-order valence-electron chi connectivity index (χ3n) is 2.74. The van der Waals surface area contributed by atoms with Crippen LogP contribution in [0, 0.1) is 0 Å². The van der Waals surface area contributed by atoms with Crippen molar-refractivity contribution in [3.8, 4) is 0 Å². The van der Waals surface area contributed by atoms with Crippen LogP contribution in [0.4, 0.5) is 10.5 Å². The third kappa shape index (κ3) is 4.97. The maximum absolute atomic E-state index is 11.5. The fourth-order valence-electron chi connectivity index (χ4n) is 1.51. The third-order valence-corrected chi connectivity index (χ3v) is 2.74. The van der Waals surface area contributed by atoms with Crippen LogP contribution in [0.5, 0.6) is 0 Å². The van der Waals surface area contributed by atoms with Gasteiger partial charge in [0, 0.05) is 25.8 Å². The van der Waals surface area contributed by atoms with E-state index in [-0.39, 0.29) is 18.5 Å². The summed E-state index contributed by atoms with van der Waals surface area (Å²) in [5.41, 5.74) is 6.70. The highest BCUT2D eigenvalue weighted by Crippen LogP contribution is 2.15. The summed E-state index contributed by atoms with van der Waals surface area (Å²) in [7, 11) is 3.44. The van der Waals surface area contributed by atoms with E-state index >= 15 is 0 Å². The number of carbonyl (C=O) groups excluding carboxylic acids is 2. The standard InChI is InChI=1S/C13H20N4O2/c1-9(15-8-12(18)17(2)3)10-4-6-11(7-5-10)16-13(14)19/h4-7,9,15H,8H2,1-3H3,(H3,14,16,19). The average Bonchev–Trinajstić information content (AvgIpc) is 2.35. The molecule has 0 heterocycles. The summed E-state index contributed by atoms with van der Waals surface area (Å²) in [6.07, 6.45) is 0. The number of likely N-dealkylation sites (N-methyl/N-ethyl adjacent to an activating group) is 1. The lowest BCUT2D eigenvalue weighted by molar-refractivity contribution is -0.127. The number of rotatable bonds is 5. The first-order valence-electron chi connectivity index (χ1n) is 6.00. The molecule has 0 bridgehead atoms. The second-order valence-electron chi connectivity index (χ2n) is 4.50. The summed E-state index contributed by atoms with van der Waals surface area (Å²) in [5.74, 6) is 0.0267. The number of benzene rings is 1. The molecule has 0 aliphatic carbocycles.